The van der Waals surface area contributed by atoms with Crippen molar-refractivity contribution >= 4 is 23.4 Å². The maximum atomic E-state index is 13.1. The molecule has 4 heterocycles. The first-order valence-corrected chi connectivity index (χ1v) is 10.2. The number of carbonyl (C=O) groups is 3. The van der Waals surface area contributed by atoms with E-state index in [9.17, 15) is 14.4 Å². The van der Waals surface area contributed by atoms with Crippen LogP contribution in [0.1, 0.15) is 44.9 Å². The Balaban J connectivity index is 1.32. The summed E-state index contributed by atoms with van der Waals surface area (Å²) in [5.74, 6) is 0.390. The molecule has 2 aromatic rings. The highest BCUT2D eigenvalue weighted by Crippen LogP contribution is 2.36. The van der Waals surface area contributed by atoms with Crippen molar-refractivity contribution in [2.75, 3.05) is 37.6 Å². The van der Waals surface area contributed by atoms with Crippen LogP contribution >= 0.6 is 0 Å². The van der Waals surface area contributed by atoms with Gasteiger partial charge in [-0.2, -0.15) is 0 Å². The van der Waals surface area contributed by atoms with Gasteiger partial charge in [0.1, 0.15) is 0 Å². The molecule has 0 unspecified atom stereocenters. The van der Waals surface area contributed by atoms with Crippen molar-refractivity contribution in [2.45, 2.75) is 25.7 Å². The molecule has 0 spiro atoms. The normalized spacial score (nSPS) is 18.6. The lowest BCUT2D eigenvalue weighted by Gasteiger charge is -2.37. The number of amides is 3. The lowest BCUT2D eigenvalue weighted by Crippen LogP contribution is -2.50. The maximum absolute atomic E-state index is 13.1. The van der Waals surface area contributed by atoms with Gasteiger partial charge in [-0.25, -0.2) is 0 Å². The SMILES string of the molecule is O=C(c1cc2c3c(c1)CCC(=O)N3CCC2)N1CCN(C(=O)c2ccco2)CC1. The Morgan fingerprint density at radius 3 is 2.24 bits per heavy atom. The Hall–Kier alpha value is -3.09. The summed E-state index contributed by atoms with van der Waals surface area (Å²) >= 11 is 0. The average Bonchev–Trinajstić information content (AvgIpc) is 3.30. The molecule has 0 N–H and O–H groups in total. The lowest BCUT2D eigenvalue weighted by atomic mass is 9.89. The average molecular weight is 393 g/mol. The molecule has 150 valence electrons. The highest BCUT2D eigenvalue weighted by atomic mass is 16.3. The predicted molar refractivity (Wildman–Crippen MR) is 106 cm³/mol. The summed E-state index contributed by atoms with van der Waals surface area (Å²) in [7, 11) is 0. The van der Waals surface area contributed by atoms with Crippen LogP contribution in [0.4, 0.5) is 5.69 Å². The summed E-state index contributed by atoms with van der Waals surface area (Å²) in [4.78, 5) is 43.2. The van der Waals surface area contributed by atoms with Gasteiger partial charge in [-0.15, -0.1) is 0 Å². The molecule has 3 aliphatic heterocycles. The van der Waals surface area contributed by atoms with Crippen molar-refractivity contribution in [1.82, 2.24) is 9.80 Å². The van der Waals surface area contributed by atoms with Crippen LogP contribution in [0.15, 0.2) is 34.9 Å². The molecule has 7 heteroatoms. The topological polar surface area (TPSA) is 74.1 Å². The van der Waals surface area contributed by atoms with Gasteiger partial charge in [0.05, 0.1) is 12.0 Å². The Labute approximate surface area is 168 Å². The Kier molecular flexibility index (Phi) is 4.38. The molecular formula is C22H23N3O4. The van der Waals surface area contributed by atoms with E-state index in [0.717, 1.165) is 36.2 Å². The Morgan fingerprint density at radius 1 is 0.862 bits per heavy atom. The molecule has 7 nitrogen and oxygen atoms in total. The van der Waals surface area contributed by atoms with Gasteiger partial charge < -0.3 is 19.1 Å². The van der Waals surface area contributed by atoms with Gasteiger partial charge in [0.15, 0.2) is 5.76 Å². The zero-order valence-corrected chi connectivity index (χ0v) is 16.2. The third-order valence-corrected chi connectivity index (χ3v) is 6.11. The summed E-state index contributed by atoms with van der Waals surface area (Å²) < 4.78 is 5.19. The number of nitrogens with zero attached hydrogens (tertiary/aromatic N) is 3. The fraction of sp³-hybridized carbons (Fsp3) is 0.409. The highest BCUT2D eigenvalue weighted by Gasteiger charge is 2.32. The third kappa shape index (κ3) is 3.10. The maximum Gasteiger partial charge on any atom is 0.289 e. The number of carbonyl (C=O) groups excluding carboxylic acids is 3. The molecule has 0 bridgehead atoms. The first-order chi connectivity index (χ1) is 14.1. The van der Waals surface area contributed by atoms with Gasteiger partial charge in [-0.05, 0) is 54.7 Å². The van der Waals surface area contributed by atoms with Gasteiger partial charge in [-0.1, -0.05) is 0 Å². The van der Waals surface area contributed by atoms with Crippen molar-refractivity contribution < 1.29 is 18.8 Å². The molecule has 5 rings (SSSR count). The summed E-state index contributed by atoms with van der Waals surface area (Å²) in [6.07, 6.45) is 4.54. The van der Waals surface area contributed by atoms with E-state index in [0.29, 0.717) is 50.3 Å². The fourth-order valence-corrected chi connectivity index (χ4v) is 4.63. The summed E-state index contributed by atoms with van der Waals surface area (Å²) in [5.41, 5.74) is 3.95. The zero-order chi connectivity index (χ0) is 20.0. The number of hydrogen-bond donors (Lipinski definition) is 0. The van der Waals surface area contributed by atoms with Gasteiger partial charge in [0, 0.05) is 44.7 Å². The number of rotatable bonds is 2. The van der Waals surface area contributed by atoms with Crippen molar-refractivity contribution in [2.24, 2.45) is 0 Å². The molecule has 3 aliphatic rings. The van der Waals surface area contributed by atoms with Crippen LogP contribution in [0, 0.1) is 0 Å². The molecule has 3 amide bonds. The van der Waals surface area contributed by atoms with E-state index in [-0.39, 0.29) is 17.7 Å². The second-order valence-corrected chi connectivity index (χ2v) is 7.85. The minimum Gasteiger partial charge on any atom is -0.459 e. The van der Waals surface area contributed by atoms with E-state index in [1.807, 2.05) is 21.9 Å². The molecule has 0 radical (unpaired) electrons. The monoisotopic (exact) mass is 393 g/mol. The van der Waals surface area contributed by atoms with Gasteiger partial charge >= 0.3 is 0 Å². The van der Waals surface area contributed by atoms with Crippen molar-refractivity contribution in [3.05, 3.63) is 53.0 Å². The fourth-order valence-electron chi connectivity index (χ4n) is 4.63. The van der Waals surface area contributed by atoms with Crippen LogP contribution in [0.3, 0.4) is 0 Å². The van der Waals surface area contributed by atoms with E-state index in [1.54, 1.807) is 17.0 Å². The summed E-state index contributed by atoms with van der Waals surface area (Å²) in [5, 5.41) is 0. The zero-order valence-electron chi connectivity index (χ0n) is 16.2. The number of aryl methyl sites for hydroxylation is 2. The van der Waals surface area contributed by atoms with Crippen molar-refractivity contribution in [1.29, 1.82) is 0 Å². The van der Waals surface area contributed by atoms with Gasteiger partial charge in [0.2, 0.25) is 5.91 Å². The molecule has 1 aromatic heterocycles. The minimum atomic E-state index is -0.134. The van der Waals surface area contributed by atoms with E-state index >= 15 is 0 Å². The van der Waals surface area contributed by atoms with E-state index in [2.05, 4.69) is 0 Å². The number of piperazine rings is 1. The molecule has 1 fully saturated rings. The second-order valence-electron chi connectivity index (χ2n) is 7.85. The first kappa shape index (κ1) is 18.0. The number of furan rings is 1. The van der Waals surface area contributed by atoms with Crippen LogP contribution in [0.25, 0.3) is 0 Å². The molecule has 1 aromatic carbocycles. The number of hydrogen-bond acceptors (Lipinski definition) is 4. The smallest absolute Gasteiger partial charge is 0.289 e. The van der Waals surface area contributed by atoms with Crippen LogP contribution in [-0.2, 0) is 17.6 Å². The highest BCUT2D eigenvalue weighted by molar-refractivity contribution is 6.01. The van der Waals surface area contributed by atoms with Crippen molar-refractivity contribution in [3.63, 3.8) is 0 Å². The van der Waals surface area contributed by atoms with Crippen LogP contribution < -0.4 is 4.90 Å². The van der Waals surface area contributed by atoms with Crippen molar-refractivity contribution in [3.8, 4) is 0 Å². The summed E-state index contributed by atoms with van der Waals surface area (Å²) in [6, 6.07) is 7.29. The largest absolute Gasteiger partial charge is 0.459 e. The van der Waals surface area contributed by atoms with Crippen LogP contribution in [0.5, 0.6) is 0 Å². The Bertz CT molecular complexity index is 957. The molecular weight excluding hydrogens is 370 g/mol. The van der Waals surface area contributed by atoms with Crippen LogP contribution in [-0.4, -0.2) is 60.2 Å². The first-order valence-electron chi connectivity index (χ1n) is 10.2. The number of benzene rings is 1. The van der Waals surface area contributed by atoms with E-state index in [4.69, 9.17) is 4.42 Å². The van der Waals surface area contributed by atoms with E-state index < -0.39 is 0 Å². The van der Waals surface area contributed by atoms with Gasteiger partial charge in [-0.3, -0.25) is 14.4 Å². The summed E-state index contributed by atoms with van der Waals surface area (Å²) in [6.45, 7) is 2.76. The molecule has 0 saturated carbocycles. The quantitative estimate of drug-likeness (QED) is 0.783. The van der Waals surface area contributed by atoms with Gasteiger partial charge in [0.25, 0.3) is 11.8 Å². The van der Waals surface area contributed by atoms with Crippen LogP contribution in [0.2, 0.25) is 0 Å². The van der Waals surface area contributed by atoms with E-state index in [1.165, 1.54) is 6.26 Å². The minimum absolute atomic E-state index is 0.00294. The second kappa shape index (κ2) is 7.06. The molecule has 1 saturated heterocycles. The molecule has 0 aliphatic carbocycles. The predicted octanol–water partition coefficient (Wildman–Crippen LogP) is 2.10. The lowest BCUT2D eigenvalue weighted by molar-refractivity contribution is -0.119. The Morgan fingerprint density at radius 2 is 1.55 bits per heavy atom. The molecule has 29 heavy (non-hydrogen) atoms. The number of anilines is 1. The molecule has 0 atom stereocenters. The standard InChI is InChI=1S/C22H23N3O4/c26-19-6-5-16-14-17(13-15-3-1-7-25(19)20(15)16)21(27)23-8-10-24(11-9-23)22(28)18-4-2-12-29-18/h2,4,12-14H,1,3,5-11H2. The third-order valence-electron chi connectivity index (χ3n) is 6.11.